The van der Waals surface area contributed by atoms with E-state index in [0.29, 0.717) is 6.42 Å². The van der Waals surface area contributed by atoms with E-state index in [-0.39, 0.29) is 11.2 Å². The van der Waals surface area contributed by atoms with Gasteiger partial charge in [-0.05, 0) is 42.0 Å². The Labute approximate surface area is 101 Å². The maximum Gasteiger partial charge on any atom is 0.307 e. The molecule has 0 saturated heterocycles. The van der Waals surface area contributed by atoms with Crippen molar-refractivity contribution >= 4 is 5.97 Å². The van der Waals surface area contributed by atoms with Crippen molar-refractivity contribution in [3.05, 3.63) is 35.1 Å². The van der Waals surface area contributed by atoms with Crippen LogP contribution in [0.5, 0.6) is 0 Å². The first-order chi connectivity index (χ1) is 7.71. The summed E-state index contributed by atoms with van der Waals surface area (Å²) in [5.74, 6) is -1.55. The second-order valence-electron chi connectivity index (χ2n) is 5.53. The molecule has 0 fully saturated rings. The number of aryl methyl sites for hydroxylation is 1. The Hall–Kier alpha value is -1.38. The highest BCUT2D eigenvalue weighted by molar-refractivity contribution is 5.71. The van der Waals surface area contributed by atoms with Crippen molar-refractivity contribution in [2.75, 3.05) is 0 Å². The zero-order valence-corrected chi connectivity index (χ0v) is 10.7. The zero-order chi connectivity index (χ0) is 13.2. The number of carbonyl (C=O) groups is 1. The van der Waals surface area contributed by atoms with Crippen molar-refractivity contribution in [2.24, 2.45) is 11.3 Å². The lowest BCUT2D eigenvalue weighted by Crippen LogP contribution is -2.30. The molecule has 1 N–H and O–H groups in total. The van der Waals surface area contributed by atoms with E-state index < -0.39 is 11.9 Å². The van der Waals surface area contributed by atoms with E-state index in [1.807, 2.05) is 20.8 Å². The molecule has 0 bridgehead atoms. The van der Waals surface area contributed by atoms with Crippen molar-refractivity contribution in [1.29, 1.82) is 0 Å². The predicted molar refractivity (Wildman–Crippen MR) is 65.4 cm³/mol. The standard InChI is InChI=1S/C14H19FO2/c1-9-7-11(15)6-5-10(9)8-12(13(16)17)14(2,3)4/h5-7,12H,8H2,1-4H3,(H,16,17). The minimum atomic E-state index is -0.804. The van der Waals surface area contributed by atoms with Gasteiger partial charge in [0.05, 0.1) is 5.92 Å². The van der Waals surface area contributed by atoms with Crippen LogP contribution in [-0.4, -0.2) is 11.1 Å². The molecule has 94 valence electrons. The number of rotatable bonds is 3. The lowest BCUT2D eigenvalue weighted by molar-refractivity contribution is -0.145. The van der Waals surface area contributed by atoms with E-state index in [9.17, 15) is 14.3 Å². The van der Waals surface area contributed by atoms with E-state index >= 15 is 0 Å². The van der Waals surface area contributed by atoms with Crippen LogP contribution < -0.4 is 0 Å². The summed E-state index contributed by atoms with van der Waals surface area (Å²) in [6.07, 6.45) is 0.435. The van der Waals surface area contributed by atoms with Gasteiger partial charge in [0, 0.05) is 0 Å². The van der Waals surface area contributed by atoms with Gasteiger partial charge < -0.3 is 5.11 Å². The minimum absolute atomic E-state index is 0.283. The number of carboxylic acid groups (broad SMARTS) is 1. The van der Waals surface area contributed by atoms with Crippen LogP contribution in [0.3, 0.4) is 0 Å². The van der Waals surface area contributed by atoms with Crippen LogP contribution in [0.25, 0.3) is 0 Å². The van der Waals surface area contributed by atoms with Crippen LogP contribution >= 0.6 is 0 Å². The molecule has 1 aromatic rings. The van der Waals surface area contributed by atoms with Crippen LogP contribution in [0.4, 0.5) is 4.39 Å². The van der Waals surface area contributed by atoms with E-state index in [2.05, 4.69) is 0 Å². The van der Waals surface area contributed by atoms with Crippen LogP contribution in [-0.2, 0) is 11.2 Å². The summed E-state index contributed by atoms with van der Waals surface area (Å²) in [4.78, 5) is 11.3. The Bertz CT molecular complexity index is 419. The third-order valence-electron chi connectivity index (χ3n) is 3.07. The highest BCUT2D eigenvalue weighted by Crippen LogP contribution is 2.30. The van der Waals surface area contributed by atoms with Crippen LogP contribution in [0.15, 0.2) is 18.2 Å². The number of aliphatic carboxylic acids is 1. The first kappa shape index (κ1) is 13.7. The Morgan fingerprint density at radius 1 is 1.41 bits per heavy atom. The minimum Gasteiger partial charge on any atom is -0.481 e. The van der Waals surface area contributed by atoms with Gasteiger partial charge in [0.25, 0.3) is 0 Å². The largest absolute Gasteiger partial charge is 0.481 e. The molecule has 17 heavy (non-hydrogen) atoms. The third-order valence-corrected chi connectivity index (χ3v) is 3.07. The summed E-state index contributed by atoms with van der Waals surface area (Å²) in [7, 11) is 0. The predicted octanol–water partition coefficient (Wildman–Crippen LogP) is 3.42. The van der Waals surface area contributed by atoms with Crippen molar-refractivity contribution in [3.63, 3.8) is 0 Å². The molecule has 0 aliphatic rings. The molecule has 0 aromatic heterocycles. The zero-order valence-electron chi connectivity index (χ0n) is 10.7. The van der Waals surface area contributed by atoms with E-state index in [1.165, 1.54) is 12.1 Å². The molecule has 0 aliphatic carbocycles. The van der Waals surface area contributed by atoms with Gasteiger partial charge in [-0.25, -0.2) is 4.39 Å². The van der Waals surface area contributed by atoms with Gasteiger partial charge in [-0.1, -0.05) is 26.8 Å². The van der Waals surface area contributed by atoms with Crippen molar-refractivity contribution in [1.82, 2.24) is 0 Å². The van der Waals surface area contributed by atoms with Gasteiger partial charge in [-0.3, -0.25) is 4.79 Å². The quantitative estimate of drug-likeness (QED) is 0.876. The molecule has 0 heterocycles. The molecular weight excluding hydrogens is 219 g/mol. The number of hydrogen-bond donors (Lipinski definition) is 1. The van der Waals surface area contributed by atoms with E-state index in [4.69, 9.17) is 0 Å². The van der Waals surface area contributed by atoms with Crippen molar-refractivity contribution in [2.45, 2.75) is 34.1 Å². The number of halogens is 1. The fourth-order valence-corrected chi connectivity index (χ4v) is 1.87. The second kappa shape index (κ2) is 4.86. The maximum absolute atomic E-state index is 13.0. The Morgan fingerprint density at radius 2 is 2.00 bits per heavy atom. The van der Waals surface area contributed by atoms with Gasteiger partial charge in [-0.15, -0.1) is 0 Å². The van der Waals surface area contributed by atoms with Crippen LogP contribution in [0, 0.1) is 24.1 Å². The summed E-state index contributed by atoms with van der Waals surface area (Å²) in [5.41, 5.74) is 1.39. The van der Waals surface area contributed by atoms with Crippen molar-refractivity contribution in [3.8, 4) is 0 Å². The molecule has 3 heteroatoms. The summed E-state index contributed by atoms with van der Waals surface area (Å²) in [5, 5.41) is 9.24. The lowest BCUT2D eigenvalue weighted by Gasteiger charge is -2.27. The third kappa shape index (κ3) is 3.55. The Balaban J connectivity index is 2.98. The topological polar surface area (TPSA) is 37.3 Å². The molecule has 0 saturated carbocycles. The monoisotopic (exact) mass is 238 g/mol. The van der Waals surface area contributed by atoms with Gasteiger partial charge in [0.2, 0.25) is 0 Å². The van der Waals surface area contributed by atoms with Gasteiger partial charge in [0.1, 0.15) is 5.82 Å². The first-order valence-corrected chi connectivity index (χ1v) is 5.69. The molecular formula is C14H19FO2. The summed E-state index contributed by atoms with van der Waals surface area (Å²) >= 11 is 0. The molecule has 1 atom stereocenters. The molecule has 2 nitrogen and oxygen atoms in total. The average Bonchev–Trinajstić information content (AvgIpc) is 2.13. The Morgan fingerprint density at radius 3 is 2.41 bits per heavy atom. The summed E-state index contributed by atoms with van der Waals surface area (Å²) < 4.78 is 13.0. The smallest absolute Gasteiger partial charge is 0.307 e. The molecule has 0 spiro atoms. The van der Waals surface area contributed by atoms with Crippen molar-refractivity contribution < 1.29 is 14.3 Å². The molecule has 1 aromatic carbocycles. The summed E-state index contributed by atoms with van der Waals surface area (Å²) in [6, 6.07) is 4.49. The SMILES string of the molecule is Cc1cc(F)ccc1CC(C(=O)O)C(C)(C)C. The maximum atomic E-state index is 13.0. The molecule has 1 unspecified atom stereocenters. The highest BCUT2D eigenvalue weighted by atomic mass is 19.1. The lowest BCUT2D eigenvalue weighted by atomic mass is 9.77. The number of carboxylic acids is 1. The van der Waals surface area contributed by atoms with E-state index in [0.717, 1.165) is 11.1 Å². The van der Waals surface area contributed by atoms with E-state index in [1.54, 1.807) is 13.0 Å². The van der Waals surface area contributed by atoms with Gasteiger partial charge in [0.15, 0.2) is 0 Å². The average molecular weight is 238 g/mol. The fourth-order valence-electron chi connectivity index (χ4n) is 1.87. The second-order valence-corrected chi connectivity index (χ2v) is 5.53. The number of benzene rings is 1. The van der Waals surface area contributed by atoms with Crippen LogP contribution in [0.1, 0.15) is 31.9 Å². The molecule has 0 amide bonds. The highest BCUT2D eigenvalue weighted by Gasteiger charge is 2.31. The molecule has 0 radical (unpaired) electrons. The van der Waals surface area contributed by atoms with Gasteiger partial charge >= 0.3 is 5.97 Å². The molecule has 0 aliphatic heterocycles. The normalized spacial score (nSPS) is 13.5. The molecule has 1 rings (SSSR count). The fraction of sp³-hybridized carbons (Fsp3) is 0.500. The first-order valence-electron chi connectivity index (χ1n) is 5.69. The van der Waals surface area contributed by atoms with Gasteiger partial charge in [-0.2, -0.15) is 0 Å². The Kier molecular flexibility index (Phi) is 3.91. The summed E-state index contributed by atoms with van der Waals surface area (Å²) in [6.45, 7) is 7.53. The number of hydrogen-bond acceptors (Lipinski definition) is 1. The van der Waals surface area contributed by atoms with Crippen LogP contribution in [0.2, 0.25) is 0 Å².